The zero-order valence-corrected chi connectivity index (χ0v) is 24.3. The molecule has 1 aliphatic rings. The Labute approximate surface area is 233 Å². The second-order valence-electron chi connectivity index (χ2n) is 8.42. The van der Waals surface area contributed by atoms with E-state index < -0.39 is 12.0 Å². The van der Waals surface area contributed by atoms with E-state index in [4.69, 9.17) is 18.9 Å². The summed E-state index contributed by atoms with van der Waals surface area (Å²) in [4.78, 5) is 32.0. The molecule has 1 atom stereocenters. The normalized spacial score (nSPS) is 15.1. The molecule has 1 aliphatic heterocycles. The van der Waals surface area contributed by atoms with Crippen LogP contribution in [0.1, 0.15) is 44.4 Å². The lowest BCUT2D eigenvalue weighted by molar-refractivity contribution is -0.136. The van der Waals surface area contributed by atoms with Crippen molar-refractivity contribution in [3.8, 4) is 17.2 Å². The van der Waals surface area contributed by atoms with Crippen LogP contribution in [0, 0.1) is 0 Å². The summed E-state index contributed by atoms with van der Waals surface area (Å²) in [6, 6.07) is 10.3. The highest BCUT2D eigenvalue weighted by Gasteiger charge is 2.35. The molecule has 0 saturated heterocycles. The maximum absolute atomic E-state index is 13.9. The Morgan fingerprint density at radius 2 is 1.95 bits per heavy atom. The van der Waals surface area contributed by atoms with Gasteiger partial charge in [-0.1, -0.05) is 36.5 Å². The molecule has 0 spiro atoms. The molecule has 200 valence electrons. The van der Waals surface area contributed by atoms with E-state index in [0.717, 1.165) is 22.2 Å². The Hall–Kier alpha value is -3.37. The fraction of sp³-hybridized carbons (Fsp3) is 0.321. The number of thiazole rings is 1. The van der Waals surface area contributed by atoms with Gasteiger partial charge in [-0.3, -0.25) is 9.36 Å². The number of esters is 1. The topological polar surface area (TPSA) is 88.4 Å². The third kappa shape index (κ3) is 5.28. The molecule has 8 nitrogen and oxygen atoms in total. The minimum absolute atomic E-state index is 0.268. The molecule has 2 aromatic carbocycles. The maximum atomic E-state index is 13.9. The van der Waals surface area contributed by atoms with E-state index in [9.17, 15) is 9.59 Å². The van der Waals surface area contributed by atoms with Crippen molar-refractivity contribution in [2.75, 3.05) is 27.4 Å². The smallest absolute Gasteiger partial charge is 0.338 e. The number of hydrogen-bond acceptors (Lipinski definition) is 8. The molecule has 1 aromatic heterocycles. The lowest BCUT2D eigenvalue weighted by Gasteiger charge is -2.26. The number of aromatic nitrogens is 1. The summed E-state index contributed by atoms with van der Waals surface area (Å²) in [5, 5.41) is 0. The fourth-order valence-electron chi connectivity index (χ4n) is 4.29. The zero-order valence-electron chi connectivity index (χ0n) is 21.9. The molecule has 0 radical (unpaired) electrons. The Kier molecular flexibility index (Phi) is 8.73. The van der Waals surface area contributed by atoms with Crippen LogP contribution in [-0.4, -0.2) is 38.0 Å². The van der Waals surface area contributed by atoms with Crippen molar-refractivity contribution in [3.63, 3.8) is 0 Å². The second-order valence-corrected chi connectivity index (χ2v) is 10.3. The van der Waals surface area contributed by atoms with Crippen molar-refractivity contribution in [2.45, 2.75) is 33.2 Å². The van der Waals surface area contributed by atoms with E-state index >= 15 is 0 Å². The largest absolute Gasteiger partial charge is 0.493 e. The monoisotopic (exact) mass is 600 g/mol. The van der Waals surface area contributed by atoms with Crippen molar-refractivity contribution >= 4 is 39.3 Å². The van der Waals surface area contributed by atoms with Crippen molar-refractivity contribution in [2.24, 2.45) is 4.99 Å². The van der Waals surface area contributed by atoms with Crippen molar-refractivity contribution in [1.29, 1.82) is 0 Å². The summed E-state index contributed by atoms with van der Waals surface area (Å²) in [6.07, 6.45) is 2.58. The molecule has 0 N–H and O–H groups in total. The van der Waals surface area contributed by atoms with Gasteiger partial charge < -0.3 is 18.9 Å². The highest BCUT2D eigenvalue weighted by Crippen LogP contribution is 2.40. The van der Waals surface area contributed by atoms with Crippen LogP contribution in [0.4, 0.5) is 0 Å². The van der Waals surface area contributed by atoms with Crippen LogP contribution < -0.4 is 29.1 Å². The van der Waals surface area contributed by atoms with E-state index in [1.807, 2.05) is 44.2 Å². The summed E-state index contributed by atoms with van der Waals surface area (Å²) < 4.78 is 25.2. The van der Waals surface area contributed by atoms with Crippen LogP contribution in [0.3, 0.4) is 0 Å². The zero-order chi connectivity index (χ0) is 27.4. The van der Waals surface area contributed by atoms with Crippen LogP contribution in [0.15, 0.2) is 61.9 Å². The van der Waals surface area contributed by atoms with Crippen molar-refractivity contribution < 1.29 is 23.7 Å². The minimum Gasteiger partial charge on any atom is -0.493 e. The number of allylic oxidation sites excluding steroid dienone is 1. The summed E-state index contributed by atoms with van der Waals surface area (Å²) in [7, 11) is 2.87. The van der Waals surface area contributed by atoms with Crippen LogP contribution in [0.5, 0.6) is 17.2 Å². The molecule has 10 heteroatoms. The second kappa shape index (κ2) is 12.0. The van der Waals surface area contributed by atoms with E-state index in [1.54, 1.807) is 26.2 Å². The molecule has 0 aliphatic carbocycles. The number of carbonyl (C=O) groups excluding carboxylic acids is 1. The first kappa shape index (κ1) is 27.7. The van der Waals surface area contributed by atoms with E-state index in [2.05, 4.69) is 20.9 Å². The van der Waals surface area contributed by atoms with Gasteiger partial charge >= 0.3 is 5.97 Å². The van der Waals surface area contributed by atoms with Crippen LogP contribution in [0.2, 0.25) is 0 Å². The maximum Gasteiger partial charge on any atom is 0.338 e. The number of hydrogen-bond donors (Lipinski definition) is 0. The molecule has 0 saturated carbocycles. The summed E-state index contributed by atoms with van der Waals surface area (Å²) in [5.74, 6) is 1.14. The number of halogens is 1. The predicted molar refractivity (Wildman–Crippen MR) is 150 cm³/mol. The number of rotatable bonds is 9. The third-order valence-electron chi connectivity index (χ3n) is 5.95. The highest BCUT2D eigenvalue weighted by atomic mass is 79.9. The predicted octanol–water partition coefficient (Wildman–Crippen LogP) is 4.37. The number of benzene rings is 2. The van der Waals surface area contributed by atoms with Crippen LogP contribution in [0.25, 0.3) is 6.08 Å². The SMILES string of the molecule is CCCOc1c(OC)cccc1[C@H]1C(C(=O)OC)=C(C)N=c2s/c(=C/c3ccc(OCC)c(Br)c3)c(=O)n21. The van der Waals surface area contributed by atoms with Gasteiger partial charge in [0.15, 0.2) is 16.3 Å². The van der Waals surface area contributed by atoms with Crippen LogP contribution >= 0.6 is 27.3 Å². The number of methoxy groups -OCH3 is 2. The molecule has 0 bridgehead atoms. The number of para-hydroxylation sites is 1. The average molecular weight is 602 g/mol. The quantitative estimate of drug-likeness (QED) is 0.339. The van der Waals surface area contributed by atoms with Crippen molar-refractivity contribution in [3.05, 3.63) is 83.0 Å². The van der Waals surface area contributed by atoms with Crippen molar-refractivity contribution in [1.82, 2.24) is 4.57 Å². The third-order valence-corrected chi connectivity index (χ3v) is 7.56. The molecule has 0 fully saturated rings. The highest BCUT2D eigenvalue weighted by molar-refractivity contribution is 9.10. The first-order valence-corrected chi connectivity index (χ1v) is 13.8. The molecular weight excluding hydrogens is 572 g/mol. The Morgan fingerprint density at radius 3 is 2.61 bits per heavy atom. The number of fused-ring (bicyclic) bond motifs is 1. The number of ether oxygens (including phenoxy) is 4. The molecule has 38 heavy (non-hydrogen) atoms. The lowest BCUT2D eigenvalue weighted by atomic mass is 9.94. The van der Waals surface area contributed by atoms with E-state index in [-0.39, 0.29) is 11.1 Å². The van der Waals surface area contributed by atoms with Gasteiger partial charge in [0.2, 0.25) is 0 Å². The number of carbonyl (C=O) groups is 1. The van der Waals surface area contributed by atoms with Gasteiger partial charge in [-0.05, 0) is 66.0 Å². The minimum atomic E-state index is -0.810. The van der Waals surface area contributed by atoms with Gasteiger partial charge in [0.1, 0.15) is 11.8 Å². The molecule has 0 unspecified atom stereocenters. The lowest BCUT2D eigenvalue weighted by Crippen LogP contribution is -2.40. The van der Waals surface area contributed by atoms with Gasteiger partial charge in [-0.15, -0.1) is 0 Å². The molecule has 2 heterocycles. The summed E-state index contributed by atoms with van der Waals surface area (Å²) in [6.45, 7) is 6.65. The number of nitrogens with zero attached hydrogens (tertiary/aromatic N) is 2. The molecular formula is C28H29BrN2O6S. The summed E-state index contributed by atoms with van der Waals surface area (Å²) >= 11 is 4.79. The molecule has 4 rings (SSSR count). The average Bonchev–Trinajstić information content (AvgIpc) is 3.21. The first-order valence-electron chi connectivity index (χ1n) is 12.2. The molecule has 0 amide bonds. The van der Waals surface area contributed by atoms with Gasteiger partial charge in [0.05, 0.1) is 47.7 Å². The van der Waals surface area contributed by atoms with E-state index in [0.29, 0.717) is 45.3 Å². The molecule has 3 aromatic rings. The van der Waals surface area contributed by atoms with Gasteiger partial charge in [0.25, 0.3) is 5.56 Å². The Morgan fingerprint density at radius 1 is 1.16 bits per heavy atom. The van der Waals surface area contributed by atoms with Gasteiger partial charge in [0, 0.05) is 5.56 Å². The van der Waals surface area contributed by atoms with Gasteiger partial charge in [-0.25, -0.2) is 9.79 Å². The summed E-state index contributed by atoms with van der Waals surface area (Å²) in [5.41, 5.74) is 1.90. The first-order chi connectivity index (χ1) is 18.3. The van der Waals surface area contributed by atoms with Gasteiger partial charge in [-0.2, -0.15) is 0 Å². The van der Waals surface area contributed by atoms with Crippen LogP contribution in [-0.2, 0) is 9.53 Å². The standard InChI is InChI=1S/C28H29BrN2O6S/c1-6-13-37-25-18(9-8-10-21(25)34-4)24-23(27(33)35-5)16(3)30-28-31(24)26(32)22(38-28)15-17-11-12-20(36-7-2)19(29)14-17/h8-12,14-15,24H,6-7,13H2,1-5H3/b22-15+/t24-/m0/s1. The van der Waals surface area contributed by atoms with E-state index in [1.165, 1.54) is 23.0 Å². The fourth-order valence-corrected chi connectivity index (χ4v) is 5.84. The Bertz CT molecular complexity index is 1570. The Balaban J connectivity index is 1.96.